The maximum Gasteiger partial charge on any atom is 0.338 e. The molecule has 1 amide bonds. The number of hydrogen-bond acceptors (Lipinski definition) is 8. The predicted octanol–water partition coefficient (Wildman–Crippen LogP) is 8.90. The van der Waals surface area contributed by atoms with E-state index >= 15 is 0 Å². The Morgan fingerprint density at radius 3 is 1.71 bits per heavy atom. The van der Waals surface area contributed by atoms with Gasteiger partial charge in [0.1, 0.15) is 0 Å². The summed E-state index contributed by atoms with van der Waals surface area (Å²) in [5.41, 5.74) is 7.16. The van der Waals surface area contributed by atoms with E-state index in [1.165, 1.54) is 12.4 Å². The molecule has 0 aliphatic carbocycles. The van der Waals surface area contributed by atoms with Crippen molar-refractivity contribution >= 4 is 85.5 Å². The van der Waals surface area contributed by atoms with Crippen LogP contribution in [0.1, 0.15) is 56.2 Å². The largest absolute Gasteiger partial charge is 0.478 e. The van der Waals surface area contributed by atoms with E-state index in [1.54, 1.807) is 34.3 Å². The van der Waals surface area contributed by atoms with Gasteiger partial charge in [0.2, 0.25) is 0 Å². The third-order valence-corrected chi connectivity index (χ3v) is 9.60. The molecule has 10 nitrogen and oxygen atoms in total. The van der Waals surface area contributed by atoms with Crippen LogP contribution in [0.25, 0.3) is 22.1 Å². The van der Waals surface area contributed by atoms with Gasteiger partial charge >= 0.3 is 5.97 Å². The van der Waals surface area contributed by atoms with Gasteiger partial charge in [-0.05, 0) is 77.7 Å². The van der Waals surface area contributed by atoms with Crippen LogP contribution in [0.3, 0.4) is 0 Å². The number of aromatic carboxylic acids is 1. The normalized spacial score (nSPS) is 10.9. The molecule has 0 bridgehead atoms. The number of thiophene rings is 2. The molecular weight excluding hydrogens is 689 g/mol. The van der Waals surface area contributed by atoms with Crippen molar-refractivity contribution in [2.45, 2.75) is 41.3 Å². The Morgan fingerprint density at radius 2 is 1.25 bits per heavy atom. The first kappa shape index (κ1) is 34.7. The number of carboxylic acid groups (broad SMARTS) is 1. The van der Waals surface area contributed by atoms with Crippen molar-refractivity contribution in [3.8, 4) is 0 Å². The average Bonchev–Trinajstić information content (AvgIpc) is 3.85. The molecule has 0 saturated heterocycles. The molecule has 0 aliphatic heterocycles. The van der Waals surface area contributed by atoms with Crippen LogP contribution in [0, 0.1) is 20.8 Å². The van der Waals surface area contributed by atoms with Crippen LogP contribution in [0.5, 0.6) is 0 Å². The second-order valence-electron chi connectivity index (χ2n) is 10.7. The summed E-state index contributed by atoms with van der Waals surface area (Å²) in [6.07, 6.45) is 2.79. The lowest BCUT2D eigenvalue weighted by Gasteiger charge is -2.08. The molecule has 0 unspecified atom stereocenters. The van der Waals surface area contributed by atoms with Crippen molar-refractivity contribution in [3.05, 3.63) is 120 Å². The van der Waals surface area contributed by atoms with E-state index in [4.69, 9.17) is 28.3 Å². The number of aryl methyl sites for hydroxylation is 3. The zero-order valence-corrected chi connectivity index (χ0v) is 28.5. The number of carbonyl (C=O) groups is 2. The van der Waals surface area contributed by atoms with Gasteiger partial charge in [-0.1, -0.05) is 48.3 Å². The highest BCUT2D eigenvalue weighted by atomic mass is 35.5. The molecule has 246 valence electrons. The number of amides is 1. The summed E-state index contributed by atoms with van der Waals surface area (Å²) in [5, 5.41) is 30.9. The lowest BCUT2D eigenvalue weighted by molar-refractivity contribution is 0.0696. The van der Waals surface area contributed by atoms with Crippen molar-refractivity contribution in [3.63, 3.8) is 0 Å². The molecule has 0 aliphatic rings. The first-order chi connectivity index (χ1) is 22.6. The quantitative estimate of drug-likeness (QED) is 0.168. The number of nitrogens with one attached hydrogen (secondary N) is 1. The Kier molecular flexibility index (Phi) is 10.6. The molecule has 0 radical (unpaired) electrons. The predicted molar refractivity (Wildman–Crippen MR) is 194 cm³/mol. The fourth-order valence-corrected chi connectivity index (χ4v) is 7.05. The molecule has 14 heteroatoms. The number of benzene rings is 1. The smallest absolute Gasteiger partial charge is 0.338 e. The van der Waals surface area contributed by atoms with Gasteiger partial charge < -0.3 is 10.4 Å². The van der Waals surface area contributed by atoms with E-state index in [1.807, 2.05) is 65.0 Å². The van der Waals surface area contributed by atoms with Gasteiger partial charge in [0.15, 0.2) is 11.3 Å². The fraction of sp³-hybridized carbons (Fsp3) is 0.176. The van der Waals surface area contributed by atoms with Gasteiger partial charge in [-0.25, -0.2) is 24.1 Å². The molecule has 6 aromatic heterocycles. The monoisotopic (exact) mass is 719 g/mol. The van der Waals surface area contributed by atoms with Crippen LogP contribution >= 0.6 is 45.9 Å². The minimum Gasteiger partial charge on any atom is -0.478 e. The minimum absolute atomic E-state index is 0. The summed E-state index contributed by atoms with van der Waals surface area (Å²) in [6, 6.07) is 11.7. The number of hydrogen-bond donors (Lipinski definition) is 2. The third-order valence-electron chi connectivity index (χ3n) is 7.35. The maximum atomic E-state index is 12.7. The topological polar surface area (TPSA) is 128 Å². The Balaban J connectivity index is 0.000000192. The second-order valence-corrected chi connectivity index (χ2v) is 13.1. The summed E-state index contributed by atoms with van der Waals surface area (Å²) in [4.78, 5) is 32.4. The molecule has 6 heterocycles. The molecule has 0 atom stereocenters. The third kappa shape index (κ3) is 7.12. The summed E-state index contributed by atoms with van der Waals surface area (Å²) in [7, 11) is 0. The fourth-order valence-electron chi connectivity index (χ4n) is 5.02. The standard InChI is InChI=1S/C20H17ClN4OS.C13H10ClN3O2S.CH4/c1-12-3-5-15(6-4-12)23-20(26)16-9-22-19-17(18(16)21)13(2)24-25(19)10-14-7-8-27-11-14;1-7-10-11(14)9(13(18)19)4-15-12(10)17(16-7)5-8-2-3-20-6-8;/h3-9,11H,10H2,1-2H3,(H,23,26);2-4,6H,5H2,1H3,(H,18,19);1H4. The lowest BCUT2D eigenvalue weighted by Crippen LogP contribution is -2.13. The first-order valence-electron chi connectivity index (χ1n) is 14.3. The Hall–Kier alpha value is -4.62. The van der Waals surface area contributed by atoms with E-state index in [9.17, 15) is 9.59 Å². The second kappa shape index (κ2) is 14.7. The highest BCUT2D eigenvalue weighted by molar-refractivity contribution is 7.08. The van der Waals surface area contributed by atoms with E-state index in [0.717, 1.165) is 22.4 Å². The highest BCUT2D eigenvalue weighted by Gasteiger charge is 2.21. The molecule has 0 spiro atoms. The molecule has 0 saturated carbocycles. The number of nitrogens with zero attached hydrogens (tertiary/aromatic N) is 6. The first-order valence-corrected chi connectivity index (χ1v) is 16.9. The summed E-state index contributed by atoms with van der Waals surface area (Å²) >= 11 is 16.0. The molecule has 7 rings (SSSR count). The number of aromatic nitrogens is 6. The summed E-state index contributed by atoms with van der Waals surface area (Å²) < 4.78 is 3.56. The van der Waals surface area contributed by atoms with E-state index in [0.29, 0.717) is 57.1 Å². The van der Waals surface area contributed by atoms with E-state index in [2.05, 4.69) is 36.9 Å². The molecule has 0 fully saturated rings. The van der Waals surface area contributed by atoms with Crippen LogP contribution in [-0.2, 0) is 13.1 Å². The molecule has 48 heavy (non-hydrogen) atoms. The Labute approximate surface area is 294 Å². The van der Waals surface area contributed by atoms with Gasteiger partial charge in [-0.2, -0.15) is 32.9 Å². The van der Waals surface area contributed by atoms with Gasteiger partial charge in [0.25, 0.3) is 5.91 Å². The van der Waals surface area contributed by atoms with Crippen LogP contribution in [-0.4, -0.2) is 46.5 Å². The van der Waals surface area contributed by atoms with Crippen molar-refractivity contribution in [2.24, 2.45) is 0 Å². The van der Waals surface area contributed by atoms with E-state index < -0.39 is 5.97 Å². The van der Waals surface area contributed by atoms with Gasteiger partial charge in [-0.3, -0.25) is 4.79 Å². The number of carboxylic acids is 1. The summed E-state index contributed by atoms with van der Waals surface area (Å²) in [6.45, 7) is 6.87. The zero-order valence-electron chi connectivity index (χ0n) is 25.4. The minimum atomic E-state index is -1.09. The van der Waals surface area contributed by atoms with Crippen LogP contribution < -0.4 is 5.32 Å². The highest BCUT2D eigenvalue weighted by Crippen LogP contribution is 2.30. The number of carbonyl (C=O) groups excluding carboxylic acids is 1. The number of pyridine rings is 2. The number of rotatable bonds is 7. The molecule has 7 aromatic rings. The van der Waals surface area contributed by atoms with Crippen LogP contribution in [0.2, 0.25) is 10.0 Å². The molecular formula is C34H31Cl2N7O3S2. The lowest BCUT2D eigenvalue weighted by atomic mass is 10.1. The zero-order chi connectivity index (χ0) is 33.2. The SMILES string of the molecule is C.Cc1ccc(NC(=O)c2cnc3c(c(C)nn3Cc3ccsc3)c2Cl)cc1.Cc1nn(Cc2ccsc2)c2ncc(C(=O)O)c(Cl)c12. The van der Waals surface area contributed by atoms with Gasteiger partial charge in [-0.15, -0.1) is 0 Å². The van der Waals surface area contributed by atoms with Crippen molar-refractivity contribution < 1.29 is 14.7 Å². The Morgan fingerprint density at radius 1 is 0.771 bits per heavy atom. The molecule has 2 N–H and O–H groups in total. The van der Waals surface area contributed by atoms with Crippen molar-refractivity contribution in [1.82, 2.24) is 29.5 Å². The van der Waals surface area contributed by atoms with E-state index in [-0.39, 0.29) is 23.9 Å². The average molecular weight is 721 g/mol. The number of halogens is 2. The Bertz CT molecular complexity index is 2230. The van der Waals surface area contributed by atoms with Crippen molar-refractivity contribution in [2.75, 3.05) is 5.32 Å². The maximum absolute atomic E-state index is 12.7. The molecule has 1 aromatic carbocycles. The van der Waals surface area contributed by atoms with Crippen LogP contribution in [0.4, 0.5) is 5.69 Å². The van der Waals surface area contributed by atoms with Crippen LogP contribution in [0.15, 0.2) is 70.3 Å². The number of anilines is 1. The summed E-state index contributed by atoms with van der Waals surface area (Å²) in [5.74, 6) is -1.38. The van der Waals surface area contributed by atoms with Crippen molar-refractivity contribution in [1.29, 1.82) is 0 Å². The number of fused-ring (bicyclic) bond motifs is 2. The van der Waals surface area contributed by atoms with Gasteiger partial charge in [0.05, 0.1) is 56.4 Å². The van der Waals surface area contributed by atoms with Gasteiger partial charge in [0, 0.05) is 18.1 Å².